The van der Waals surface area contributed by atoms with Crippen molar-refractivity contribution < 1.29 is 4.79 Å². The van der Waals surface area contributed by atoms with Gasteiger partial charge in [-0.25, -0.2) is 0 Å². The van der Waals surface area contributed by atoms with E-state index in [1.165, 1.54) is 12.0 Å². The molecule has 1 rings (SSSR count). The first-order valence-corrected chi connectivity index (χ1v) is 4.67. The molecule has 0 heterocycles. The number of allylic oxidation sites excluding steroid dienone is 2. The summed E-state index contributed by atoms with van der Waals surface area (Å²) < 4.78 is 0. The van der Waals surface area contributed by atoms with Crippen LogP contribution in [0.25, 0.3) is 0 Å². The first-order valence-electron chi connectivity index (χ1n) is 4.67. The van der Waals surface area contributed by atoms with Crippen LogP contribution in [0.2, 0.25) is 0 Å². The molecule has 1 fully saturated rings. The molecule has 0 radical (unpaired) electrons. The summed E-state index contributed by atoms with van der Waals surface area (Å²) in [6.07, 6.45) is 6.16. The van der Waals surface area contributed by atoms with Crippen LogP contribution < -0.4 is 0 Å². The summed E-state index contributed by atoms with van der Waals surface area (Å²) in [6, 6.07) is 0. The van der Waals surface area contributed by atoms with Gasteiger partial charge in [0.05, 0.1) is 0 Å². The molecule has 1 nitrogen and oxygen atoms in total. The largest absolute Gasteiger partial charge is 0.299 e. The Kier molecular flexibility index (Phi) is 2.71. The van der Waals surface area contributed by atoms with Crippen LogP contribution in [0, 0.1) is 11.3 Å². The van der Waals surface area contributed by atoms with Crippen molar-refractivity contribution in [1.82, 2.24) is 0 Å². The lowest BCUT2D eigenvalue weighted by molar-refractivity contribution is -0.104. The van der Waals surface area contributed by atoms with Crippen molar-refractivity contribution >= 4 is 6.29 Å². The number of carbonyl (C=O) groups excluding carboxylic acids is 1. The fourth-order valence-corrected chi connectivity index (χ4v) is 2.45. The third kappa shape index (κ3) is 2.47. The molecule has 0 aromatic heterocycles. The molecule has 1 aliphatic carbocycles. The molecule has 0 amide bonds. The molecule has 1 saturated carbocycles. The average Bonchev–Trinajstić information content (AvgIpc) is 1.82. The van der Waals surface area contributed by atoms with E-state index in [4.69, 9.17) is 0 Å². The molecule has 1 atom stereocenters. The van der Waals surface area contributed by atoms with Gasteiger partial charge in [-0.05, 0) is 36.7 Å². The van der Waals surface area contributed by atoms with E-state index in [0.29, 0.717) is 5.41 Å². The summed E-state index contributed by atoms with van der Waals surface area (Å²) in [5.74, 6) is 0.736. The Bertz CT molecular complexity index is 201. The maximum absolute atomic E-state index is 10.3. The van der Waals surface area contributed by atoms with Crippen molar-refractivity contribution in [3.05, 3.63) is 11.6 Å². The van der Waals surface area contributed by atoms with Crippen molar-refractivity contribution in [2.24, 2.45) is 11.3 Å². The van der Waals surface area contributed by atoms with E-state index >= 15 is 0 Å². The Morgan fingerprint density at radius 2 is 2.17 bits per heavy atom. The zero-order valence-electron chi connectivity index (χ0n) is 8.26. The summed E-state index contributed by atoms with van der Waals surface area (Å²) in [4.78, 5) is 10.3. The molecule has 0 bridgehead atoms. The molecule has 0 aromatic rings. The zero-order chi connectivity index (χ0) is 9.19. The molecule has 0 aliphatic heterocycles. The van der Waals surface area contributed by atoms with Gasteiger partial charge in [-0.1, -0.05) is 26.3 Å². The van der Waals surface area contributed by atoms with Crippen LogP contribution in [0.5, 0.6) is 0 Å². The topological polar surface area (TPSA) is 17.1 Å². The molecular weight excluding hydrogens is 148 g/mol. The van der Waals surface area contributed by atoms with Crippen molar-refractivity contribution in [1.29, 1.82) is 0 Å². The summed E-state index contributed by atoms with van der Waals surface area (Å²) >= 11 is 0. The van der Waals surface area contributed by atoms with Crippen molar-refractivity contribution in [3.8, 4) is 0 Å². The van der Waals surface area contributed by atoms with E-state index in [9.17, 15) is 4.79 Å². The highest BCUT2D eigenvalue weighted by molar-refractivity contribution is 5.66. The molecule has 1 aliphatic rings. The Morgan fingerprint density at radius 3 is 2.67 bits per heavy atom. The minimum absolute atomic E-state index is 0.395. The van der Waals surface area contributed by atoms with Crippen LogP contribution in [0.4, 0.5) is 0 Å². The first-order chi connectivity index (χ1) is 5.53. The summed E-state index contributed by atoms with van der Waals surface area (Å²) in [6.45, 7) is 6.82. The molecule has 68 valence electrons. The molecular formula is C11H18O. The monoisotopic (exact) mass is 166 g/mol. The maximum Gasteiger partial charge on any atom is 0.142 e. The minimum atomic E-state index is 0.395. The van der Waals surface area contributed by atoms with E-state index in [1.54, 1.807) is 6.08 Å². The zero-order valence-corrected chi connectivity index (χ0v) is 8.26. The number of aldehydes is 1. The van der Waals surface area contributed by atoms with E-state index in [0.717, 1.165) is 25.0 Å². The molecule has 1 unspecified atom stereocenters. The van der Waals surface area contributed by atoms with Crippen LogP contribution in [-0.4, -0.2) is 6.29 Å². The van der Waals surface area contributed by atoms with Crippen LogP contribution in [0.3, 0.4) is 0 Å². The third-order valence-corrected chi connectivity index (χ3v) is 2.52. The van der Waals surface area contributed by atoms with Gasteiger partial charge in [-0.3, -0.25) is 4.79 Å². The fraction of sp³-hybridized carbons (Fsp3) is 0.727. The van der Waals surface area contributed by atoms with Crippen molar-refractivity contribution in [2.75, 3.05) is 0 Å². The highest BCUT2D eigenvalue weighted by Crippen LogP contribution is 2.40. The number of hydrogen-bond acceptors (Lipinski definition) is 1. The second kappa shape index (κ2) is 3.42. The Hall–Kier alpha value is -0.590. The van der Waals surface area contributed by atoms with Crippen molar-refractivity contribution in [3.63, 3.8) is 0 Å². The predicted octanol–water partition coefficient (Wildman–Crippen LogP) is 2.96. The molecule has 0 N–H and O–H groups in total. The van der Waals surface area contributed by atoms with E-state index < -0.39 is 0 Å². The van der Waals surface area contributed by atoms with Gasteiger partial charge in [0.25, 0.3) is 0 Å². The molecule has 0 saturated heterocycles. The molecule has 12 heavy (non-hydrogen) atoms. The average molecular weight is 166 g/mol. The first kappa shape index (κ1) is 9.50. The van der Waals surface area contributed by atoms with Crippen LogP contribution in [0.1, 0.15) is 40.0 Å². The number of carbonyl (C=O) groups is 1. The van der Waals surface area contributed by atoms with Gasteiger partial charge in [0.1, 0.15) is 6.29 Å². The van der Waals surface area contributed by atoms with Gasteiger partial charge >= 0.3 is 0 Å². The predicted molar refractivity (Wildman–Crippen MR) is 50.9 cm³/mol. The summed E-state index contributed by atoms with van der Waals surface area (Å²) in [5.41, 5.74) is 1.72. The second-order valence-corrected chi connectivity index (χ2v) is 4.82. The third-order valence-electron chi connectivity index (χ3n) is 2.52. The van der Waals surface area contributed by atoms with E-state index in [2.05, 4.69) is 20.8 Å². The standard InChI is InChI=1S/C11H18O/c1-9-6-10(4-5-12)8-11(2,3)7-9/h4-5,9H,6-8H2,1-3H3. The van der Waals surface area contributed by atoms with Crippen LogP contribution in [0.15, 0.2) is 11.6 Å². The highest BCUT2D eigenvalue weighted by atomic mass is 16.1. The van der Waals surface area contributed by atoms with Crippen molar-refractivity contribution in [2.45, 2.75) is 40.0 Å². The smallest absolute Gasteiger partial charge is 0.142 e. The molecule has 0 aromatic carbocycles. The van der Waals surface area contributed by atoms with E-state index in [1.807, 2.05) is 0 Å². The quantitative estimate of drug-likeness (QED) is 0.432. The Morgan fingerprint density at radius 1 is 1.50 bits per heavy atom. The summed E-state index contributed by atoms with van der Waals surface area (Å²) in [7, 11) is 0. The SMILES string of the molecule is CC1CC(=CC=O)CC(C)(C)C1. The number of hydrogen-bond donors (Lipinski definition) is 0. The Labute approximate surface area is 74.9 Å². The lowest BCUT2D eigenvalue weighted by atomic mass is 9.70. The Balaban J connectivity index is 2.70. The highest BCUT2D eigenvalue weighted by Gasteiger charge is 2.27. The van der Waals surface area contributed by atoms with Gasteiger partial charge in [0.15, 0.2) is 0 Å². The normalized spacial score (nSPS) is 31.9. The van der Waals surface area contributed by atoms with Crippen LogP contribution in [-0.2, 0) is 4.79 Å². The van der Waals surface area contributed by atoms with Crippen LogP contribution >= 0.6 is 0 Å². The van der Waals surface area contributed by atoms with Gasteiger partial charge < -0.3 is 0 Å². The summed E-state index contributed by atoms with van der Waals surface area (Å²) in [5, 5.41) is 0. The van der Waals surface area contributed by atoms with Gasteiger partial charge in [-0.15, -0.1) is 0 Å². The van der Waals surface area contributed by atoms with Gasteiger partial charge in [0.2, 0.25) is 0 Å². The van der Waals surface area contributed by atoms with Gasteiger partial charge in [0, 0.05) is 0 Å². The second-order valence-electron chi connectivity index (χ2n) is 4.82. The number of rotatable bonds is 1. The molecule has 0 spiro atoms. The lowest BCUT2D eigenvalue weighted by Crippen LogP contribution is -2.22. The van der Waals surface area contributed by atoms with E-state index in [-0.39, 0.29) is 0 Å². The fourth-order valence-electron chi connectivity index (χ4n) is 2.45. The minimum Gasteiger partial charge on any atom is -0.299 e. The molecule has 1 heteroatoms. The maximum atomic E-state index is 10.3. The lowest BCUT2D eigenvalue weighted by Gasteiger charge is -2.35. The van der Waals surface area contributed by atoms with Gasteiger partial charge in [-0.2, -0.15) is 0 Å².